The van der Waals surface area contributed by atoms with Crippen molar-refractivity contribution in [3.8, 4) is 0 Å². The fourth-order valence-corrected chi connectivity index (χ4v) is 2.10. The zero-order chi connectivity index (χ0) is 11.1. The van der Waals surface area contributed by atoms with Crippen LogP contribution >= 0.6 is 0 Å². The van der Waals surface area contributed by atoms with Crippen molar-refractivity contribution >= 4 is 17.0 Å². The zero-order valence-corrected chi connectivity index (χ0v) is 9.13. The third kappa shape index (κ3) is 1.64. The molecule has 0 aliphatic heterocycles. The standard InChI is InChI=1S/C12H14FN3/c1-2-7-5-10(7)15-12-14-9-4-3-8(13)6-11(9)16-12/h3-4,6-7,10H,2,5H2,1H3,(H2,14,15,16). The van der Waals surface area contributed by atoms with Crippen LogP contribution in [0.1, 0.15) is 19.8 Å². The van der Waals surface area contributed by atoms with Crippen molar-refractivity contribution in [1.29, 1.82) is 0 Å². The molecule has 0 bridgehead atoms. The average Bonchev–Trinajstić information content (AvgIpc) is 2.88. The third-order valence-electron chi connectivity index (χ3n) is 3.21. The number of aromatic amines is 1. The van der Waals surface area contributed by atoms with Crippen LogP contribution < -0.4 is 5.32 Å². The topological polar surface area (TPSA) is 40.7 Å². The molecule has 3 rings (SSSR count). The number of hydrogen-bond acceptors (Lipinski definition) is 2. The first-order valence-electron chi connectivity index (χ1n) is 5.68. The van der Waals surface area contributed by atoms with Gasteiger partial charge in [-0.1, -0.05) is 13.3 Å². The highest BCUT2D eigenvalue weighted by Crippen LogP contribution is 2.35. The number of rotatable bonds is 3. The molecule has 0 amide bonds. The molecule has 1 aliphatic rings. The lowest BCUT2D eigenvalue weighted by atomic mass is 10.3. The minimum atomic E-state index is -0.236. The molecule has 3 nitrogen and oxygen atoms in total. The number of nitrogens with zero attached hydrogens (tertiary/aromatic N) is 1. The first kappa shape index (κ1) is 9.63. The minimum Gasteiger partial charge on any atom is -0.353 e. The quantitative estimate of drug-likeness (QED) is 0.833. The van der Waals surface area contributed by atoms with Crippen LogP contribution in [0.2, 0.25) is 0 Å². The number of imidazole rings is 1. The van der Waals surface area contributed by atoms with Crippen molar-refractivity contribution < 1.29 is 4.39 Å². The van der Waals surface area contributed by atoms with Crippen molar-refractivity contribution in [2.75, 3.05) is 5.32 Å². The van der Waals surface area contributed by atoms with E-state index in [-0.39, 0.29) is 5.82 Å². The Morgan fingerprint density at radius 2 is 2.44 bits per heavy atom. The predicted octanol–water partition coefficient (Wildman–Crippen LogP) is 2.91. The zero-order valence-electron chi connectivity index (χ0n) is 9.13. The van der Waals surface area contributed by atoms with Crippen LogP contribution in [-0.4, -0.2) is 16.0 Å². The molecule has 1 fully saturated rings. The van der Waals surface area contributed by atoms with E-state index in [9.17, 15) is 4.39 Å². The second kappa shape index (κ2) is 3.47. The highest BCUT2D eigenvalue weighted by Gasteiger charge is 2.35. The van der Waals surface area contributed by atoms with Crippen LogP contribution in [0.4, 0.5) is 10.3 Å². The molecule has 1 saturated carbocycles. The molecule has 1 aliphatic carbocycles. The smallest absolute Gasteiger partial charge is 0.201 e. The Kier molecular flexibility index (Phi) is 2.09. The Bertz CT molecular complexity index is 520. The van der Waals surface area contributed by atoms with Gasteiger partial charge in [0.05, 0.1) is 11.0 Å². The molecular weight excluding hydrogens is 205 g/mol. The highest BCUT2D eigenvalue weighted by molar-refractivity contribution is 5.77. The van der Waals surface area contributed by atoms with E-state index in [1.165, 1.54) is 25.0 Å². The number of benzene rings is 1. The number of halogens is 1. The molecule has 2 unspecified atom stereocenters. The molecule has 0 radical (unpaired) electrons. The van der Waals surface area contributed by atoms with E-state index in [4.69, 9.17) is 0 Å². The summed E-state index contributed by atoms with van der Waals surface area (Å²) >= 11 is 0. The maximum atomic E-state index is 13.0. The monoisotopic (exact) mass is 219 g/mol. The summed E-state index contributed by atoms with van der Waals surface area (Å²) < 4.78 is 13.0. The predicted molar refractivity (Wildman–Crippen MR) is 61.9 cm³/mol. The van der Waals surface area contributed by atoms with Gasteiger partial charge in [0.2, 0.25) is 5.95 Å². The summed E-state index contributed by atoms with van der Waals surface area (Å²) in [7, 11) is 0. The molecule has 1 aromatic carbocycles. The SMILES string of the molecule is CCC1CC1Nc1nc2ccc(F)cc2[nH]1. The van der Waals surface area contributed by atoms with Gasteiger partial charge in [-0.05, 0) is 30.5 Å². The molecular formula is C12H14FN3. The number of nitrogens with one attached hydrogen (secondary N) is 2. The van der Waals surface area contributed by atoms with E-state index >= 15 is 0 Å². The van der Waals surface area contributed by atoms with Crippen molar-refractivity contribution in [2.45, 2.75) is 25.8 Å². The van der Waals surface area contributed by atoms with E-state index in [1.54, 1.807) is 6.07 Å². The number of fused-ring (bicyclic) bond motifs is 1. The summed E-state index contributed by atoms with van der Waals surface area (Å²) in [5.74, 6) is 1.28. The molecule has 1 heterocycles. The molecule has 4 heteroatoms. The number of hydrogen-bond donors (Lipinski definition) is 2. The largest absolute Gasteiger partial charge is 0.353 e. The first-order chi connectivity index (χ1) is 7.76. The van der Waals surface area contributed by atoms with Crippen LogP contribution in [0.3, 0.4) is 0 Å². The van der Waals surface area contributed by atoms with E-state index in [0.717, 1.165) is 22.9 Å². The number of H-pyrrole nitrogens is 1. The van der Waals surface area contributed by atoms with Crippen molar-refractivity contribution in [1.82, 2.24) is 9.97 Å². The molecule has 0 saturated heterocycles. The van der Waals surface area contributed by atoms with Gasteiger partial charge < -0.3 is 10.3 Å². The fraction of sp³-hybridized carbons (Fsp3) is 0.417. The van der Waals surface area contributed by atoms with Gasteiger partial charge in [-0.25, -0.2) is 9.37 Å². The van der Waals surface area contributed by atoms with Crippen molar-refractivity contribution in [2.24, 2.45) is 5.92 Å². The lowest BCUT2D eigenvalue weighted by molar-refractivity contribution is 0.629. The molecule has 2 N–H and O–H groups in total. The van der Waals surface area contributed by atoms with Crippen molar-refractivity contribution in [3.63, 3.8) is 0 Å². The van der Waals surface area contributed by atoms with Gasteiger partial charge in [-0.15, -0.1) is 0 Å². The Morgan fingerprint density at radius 1 is 1.56 bits per heavy atom. The van der Waals surface area contributed by atoms with Crippen LogP contribution in [0.25, 0.3) is 11.0 Å². The Hall–Kier alpha value is -1.58. The lowest BCUT2D eigenvalue weighted by Gasteiger charge is -1.98. The summed E-state index contributed by atoms with van der Waals surface area (Å²) in [6.07, 6.45) is 2.41. The van der Waals surface area contributed by atoms with Gasteiger partial charge >= 0.3 is 0 Å². The van der Waals surface area contributed by atoms with Crippen LogP contribution in [0, 0.1) is 11.7 Å². The summed E-state index contributed by atoms with van der Waals surface area (Å²) in [5, 5.41) is 3.34. The van der Waals surface area contributed by atoms with Crippen LogP contribution in [0.5, 0.6) is 0 Å². The van der Waals surface area contributed by atoms with E-state index in [2.05, 4.69) is 22.2 Å². The number of anilines is 1. The van der Waals surface area contributed by atoms with E-state index < -0.39 is 0 Å². The molecule has 2 aromatic rings. The van der Waals surface area contributed by atoms with Gasteiger partial charge in [0.25, 0.3) is 0 Å². The normalized spacial score (nSPS) is 23.6. The lowest BCUT2D eigenvalue weighted by Crippen LogP contribution is -2.05. The molecule has 16 heavy (non-hydrogen) atoms. The van der Waals surface area contributed by atoms with Gasteiger partial charge in [0.15, 0.2) is 0 Å². The molecule has 0 spiro atoms. The second-order valence-electron chi connectivity index (χ2n) is 4.40. The average molecular weight is 219 g/mol. The summed E-state index contributed by atoms with van der Waals surface area (Å²) in [4.78, 5) is 7.46. The number of aromatic nitrogens is 2. The third-order valence-corrected chi connectivity index (χ3v) is 3.21. The minimum absolute atomic E-state index is 0.236. The summed E-state index contributed by atoms with van der Waals surface area (Å²) in [5.41, 5.74) is 1.55. The maximum Gasteiger partial charge on any atom is 0.201 e. The van der Waals surface area contributed by atoms with E-state index in [0.29, 0.717) is 6.04 Å². The van der Waals surface area contributed by atoms with Gasteiger partial charge in [-0.2, -0.15) is 0 Å². The van der Waals surface area contributed by atoms with Crippen LogP contribution in [-0.2, 0) is 0 Å². The van der Waals surface area contributed by atoms with Gasteiger partial charge in [0, 0.05) is 6.04 Å². The van der Waals surface area contributed by atoms with Crippen molar-refractivity contribution in [3.05, 3.63) is 24.0 Å². The van der Waals surface area contributed by atoms with Gasteiger partial charge in [-0.3, -0.25) is 0 Å². The molecule has 1 aromatic heterocycles. The van der Waals surface area contributed by atoms with E-state index in [1.807, 2.05) is 0 Å². The Balaban J connectivity index is 1.83. The molecule has 84 valence electrons. The fourth-order valence-electron chi connectivity index (χ4n) is 2.10. The highest BCUT2D eigenvalue weighted by atomic mass is 19.1. The molecule has 2 atom stereocenters. The summed E-state index contributed by atoms with van der Waals surface area (Å²) in [6, 6.07) is 5.13. The van der Waals surface area contributed by atoms with Crippen LogP contribution in [0.15, 0.2) is 18.2 Å². The second-order valence-corrected chi connectivity index (χ2v) is 4.40. The summed E-state index contributed by atoms with van der Waals surface area (Å²) in [6.45, 7) is 2.19. The Morgan fingerprint density at radius 3 is 3.19 bits per heavy atom. The Labute approximate surface area is 93.1 Å². The first-order valence-corrected chi connectivity index (χ1v) is 5.68. The maximum absolute atomic E-state index is 13.0. The van der Waals surface area contributed by atoms with Gasteiger partial charge in [0.1, 0.15) is 5.82 Å².